The van der Waals surface area contributed by atoms with Gasteiger partial charge in [-0.15, -0.1) is 0 Å². The Morgan fingerprint density at radius 1 is 0.733 bits per heavy atom. The van der Waals surface area contributed by atoms with E-state index in [0.717, 1.165) is 19.6 Å². The summed E-state index contributed by atoms with van der Waals surface area (Å²) in [7, 11) is 6.60. The Hall–Kier alpha value is 0.0748. The predicted octanol–water partition coefficient (Wildman–Crippen LogP) is 0.739. The van der Waals surface area contributed by atoms with Gasteiger partial charge in [-0.1, -0.05) is 27.2 Å². The molecule has 1 saturated heterocycles. The van der Waals surface area contributed by atoms with Crippen molar-refractivity contribution in [1.29, 1.82) is 0 Å². The van der Waals surface area contributed by atoms with Gasteiger partial charge in [0, 0.05) is 0 Å². The maximum atomic E-state index is 2.29. The number of unbranched alkanes of at least 4 members (excludes halogenated alkanes) is 1. The van der Waals surface area contributed by atoms with Crippen molar-refractivity contribution in [1.82, 2.24) is 14.2 Å². The fraction of sp³-hybridized carbons (Fsp3) is 1.00. The van der Waals surface area contributed by atoms with E-state index in [1.807, 2.05) is 0 Å². The van der Waals surface area contributed by atoms with Gasteiger partial charge in [0.2, 0.25) is 0 Å². The number of hydrogen-bond acceptors (Lipinski definition) is 3. The second-order valence-corrected chi connectivity index (χ2v) is 4.01. The smallest absolute Gasteiger partial charge is 0.290 e. The molecule has 1 aliphatic rings. The summed E-state index contributed by atoms with van der Waals surface area (Å²) in [5.74, 6) is 0. The van der Waals surface area contributed by atoms with Crippen LogP contribution in [0.4, 0.5) is 0 Å². The lowest BCUT2D eigenvalue weighted by Gasteiger charge is -2.39. The van der Waals surface area contributed by atoms with Gasteiger partial charge in [-0.2, -0.15) is 0 Å². The molecule has 0 aliphatic carbocycles. The molecule has 0 aromatic rings. The molecule has 0 saturated carbocycles. The minimum absolute atomic E-state index is 1.04. The molecule has 1 rings (SSSR count). The molecule has 0 aromatic heterocycles. The largest absolute Gasteiger partial charge is 0.365 e. The lowest BCUT2D eigenvalue weighted by atomic mass is 9.73. The molecule has 6 heteroatoms. The molecule has 1 heterocycles. The quantitative estimate of drug-likeness (QED) is 0.590. The third-order valence-corrected chi connectivity index (χ3v) is 2.51. The Morgan fingerprint density at radius 2 is 1.33 bits per heavy atom. The normalized spacial score (nSPS) is 19.4. The molecule has 0 bridgehead atoms. The van der Waals surface area contributed by atoms with Crippen LogP contribution in [0.25, 0.3) is 0 Å². The van der Waals surface area contributed by atoms with E-state index in [-0.39, 0.29) is 0 Å². The van der Waals surface area contributed by atoms with Crippen molar-refractivity contribution >= 4 is 22.6 Å². The van der Waals surface area contributed by atoms with Crippen molar-refractivity contribution in [2.45, 2.75) is 40.0 Å². The van der Waals surface area contributed by atoms with Gasteiger partial charge >= 0.3 is 0 Å². The summed E-state index contributed by atoms with van der Waals surface area (Å²) < 4.78 is 6.81. The molecule has 0 atom stereocenters. The van der Waals surface area contributed by atoms with Crippen LogP contribution in [0.5, 0.6) is 0 Å². The summed E-state index contributed by atoms with van der Waals surface area (Å²) in [5, 5.41) is 0. The van der Waals surface area contributed by atoms with Crippen LogP contribution in [0.15, 0.2) is 0 Å². The summed E-state index contributed by atoms with van der Waals surface area (Å²) in [6, 6.07) is 0. The fourth-order valence-corrected chi connectivity index (χ4v) is 1.65. The van der Waals surface area contributed by atoms with E-state index in [2.05, 4.69) is 57.6 Å². The van der Waals surface area contributed by atoms with E-state index in [1.54, 1.807) is 0 Å². The van der Waals surface area contributed by atoms with Gasteiger partial charge in [-0.25, -0.2) is 0 Å². The van der Waals surface area contributed by atoms with E-state index in [0.29, 0.717) is 0 Å². The molecule has 0 amide bonds. The first-order valence-corrected chi connectivity index (χ1v) is 6.12. The highest BCUT2D eigenvalue weighted by atomic mass is 15.3. The first-order valence-electron chi connectivity index (χ1n) is 6.12. The number of nitrogens with zero attached hydrogens (tertiary/aromatic N) is 3. The second kappa shape index (κ2) is 7.36. The Labute approximate surface area is 97.0 Å². The number of rotatable bonds is 6. The van der Waals surface area contributed by atoms with Crippen LogP contribution in [-0.2, 0) is 0 Å². The molecule has 81 valence electrons. The predicted molar refractivity (Wildman–Crippen MR) is 68.3 cm³/mol. The van der Waals surface area contributed by atoms with Gasteiger partial charge in [-0.05, 0) is 32.5 Å². The molecule has 0 spiro atoms. The first kappa shape index (κ1) is 13.1. The van der Waals surface area contributed by atoms with Crippen LogP contribution in [0.3, 0.4) is 0 Å². The van der Waals surface area contributed by atoms with Crippen LogP contribution < -0.4 is 0 Å². The minimum atomic E-state index is 1.04. The fourth-order valence-electron chi connectivity index (χ4n) is 1.65. The molecule has 0 unspecified atom stereocenters. The molecular formula is C9H21B3N3. The Morgan fingerprint density at radius 3 is 1.87 bits per heavy atom. The second-order valence-electron chi connectivity index (χ2n) is 4.01. The number of hydrogen-bond donors (Lipinski definition) is 0. The van der Waals surface area contributed by atoms with E-state index >= 15 is 0 Å². The van der Waals surface area contributed by atoms with Crippen molar-refractivity contribution in [3.63, 3.8) is 0 Å². The van der Waals surface area contributed by atoms with Crippen molar-refractivity contribution in [3.05, 3.63) is 0 Å². The summed E-state index contributed by atoms with van der Waals surface area (Å²) in [6.45, 7) is 9.90. The third-order valence-electron chi connectivity index (χ3n) is 2.51. The lowest BCUT2D eigenvalue weighted by molar-refractivity contribution is 0.475. The van der Waals surface area contributed by atoms with Gasteiger partial charge in [0.25, 0.3) is 22.6 Å². The van der Waals surface area contributed by atoms with Crippen LogP contribution in [0.1, 0.15) is 40.0 Å². The maximum absolute atomic E-state index is 2.29. The molecule has 1 fully saturated rings. The molecule has 0 N–H and O–H groups in total. The average Bonchev–Trinajstić information content (AvgIpc) is 2.26. The van der Waals surface area contributed by atoms with E-state index in [9.17, 15) is 0 Å². The monoisotopic (exact) mass is 204 g/mol. The topological polar surface area (TPSA) is 9.72 Å². The summed E-state index contributed by atoms with van der Waals surface area (Å²) in [5.41, 5.74) is 0. The SMILES string of the molecule is CCCCN1[B]N(CC)[B]N(CCC)[B]1. The first-order chi connectivity index (χ1) is 7.30. The lowest BCUT2D eigenvalue weighted by Crippen LogP contribution is -2.61. The minimum Gasteiger partial charge on any atom is -0.365 e. The summed E-state index contributed by atoms with van der Waals surface area (Å²) in [6.07, 6.45) is 3.69. The molecule has 15 heavy (non-hydrogen) atoms. The summed E-state index contributed by atoms with van der Waals surface area (Å²) in [4.78, 5) is 0. The summed E-state index contributed by atoms with van der Waals surface area (Å²) >= 11 is 0. The van der Waals surface area contributed by atoms with E-state index < -0.39 is 0 Å². The zero-order valence-corrected chi connectivity index (χ0v) is 10.3. The van der Waals surface area contributed by atoms with E-state index in [1.165, 1.54) is 19.3 Å². The van der Waals surface area contributed by atoms with Gasteiger partial charge in [0.05, 0.1) is 0 Å². The molecule has 0 aromatic carbocycles. The highest BCUT2D eigenvalue weighted by molar-refractivity contribution is 6.64. The average molecular weight is 204 g/mol. The van der Waals surface area contributed by atoms with E-state index in [4.69, 9.17) is 0 Å². The van der Waals surface area contributed by atoms with Gasteiger partial charge in [-0.3, -0.25) is 0 Å². The zero-order valence-electron chi connectivity index (χ0n) is 10.3. The van der Waals surface area contributed by atoms with Crippen LogP contribution in [0, 0.1) is 0 Å². The van der Waals surface area contributed by atoms with Crippen molar-refractivity contribution < 1.29 is 0 Å². The molecule has 3 radical (unpaired) electrons. The van der Waals surface area contributed by atoms with Gasteiger partial charge < -0.3 is 14.2 Å². The highest BCUT2D eigenvalue weighted by Crippen LogP contribution is 2.03. The third kappa shape index (κ3) is 4.62. The van der Waals surface area contributed by atoms with Crippen LogP contribution in [-0.4, -0.2) is 56.4 Å². The Kier molecular flexibility index (Phi) is 6.45. The standard InChI is InChI=1S/C9H21B3N3/c1-4-7-9-15-11-13(6-3)10-14(12-15)8-5-2/h4-9H2,1-3H3. The molecule has 3 nitrogen and oxygen atoms in total. The molecular weight excluding hydrogens is 183 g/mol. The van der Waals surface area contributed by atoms with Crippen molar-refractivity contribution in [3.8, 4) is 0 Å². The van der Waals surface area contributed by atoms with Gasteiger partial charge in [0.1, 0.15) is 0 Å². The van der Waals surface area contributed by atoms with Crippen molar-refractivity contribution in [2.24, 2.45) is 0 Å². The Bertz CT molecular complexity index is 171. The van der Waals surface area contributed by atoms with Crippen LogP contribution >= 0.6 is 0 Å². The highest BCUT2D eigenvalue weighted by Gasteiger charge is 2.26. The van der Waals surface area contributed by atoms with Crippen LogP contribution in [0.2, 0.25) is 0 Å². The molecule has 1 aliphatic heterocycles. The zero-order chi connectivity index (χ0) is 11.1. The van der Waals surface area contributed by atoms with Gasteiger partial charge in [0.15, 0.2) is 0 Å². The maximum Gasteiger partial charge on any atom is 0.290 e. The van der Waals surface area contributed by atoms with Crippen molar-refractivity contribution in [2.75, 3.05) is 19.6 Å². The Balaban J connectivity index is 2.36.